The fourth-order valence-electron chi connectivity index (χ4n) is 3.41. The molecule has 3 heterocycles. The lowest BCUT2D eigenvalue weighted by Gasteiger charge is -2.21. The molecule has 10 nitrogen and oxygen atoms in total. The molecule has 0 aliphatic rings. The molecule has 0 amide bonds. The molecule has 0 aliphatic carbocycles. The van der Waals surface area contributed by atoms with Crippen molar-refractivity contribution in [2.45, 2.75) is 25.2 Å². The predicted octanol–water partition coefficient (Wildman–Crippen LogP) is 4.28. The molecule has 0 spiro atoms. The van der Waals surface area contributed by atoms with Crippen molar-refractivity contribution in [3.8, 4) is 28.8 Å². The lowest BCUT2D eigenvalue weighted by atomic mass is 10.2. The number of benzene rings is 1. The average Bonchev–Trinajstić information content (AvgIpc) is 3.33. The Bertz CT molecular complexity index is 1250. The molecular weight excluding hydrogens is 466 g/mol. The van der Waals surface area contributed by atoms with Gasteiger partial charge in [0.2, 0.25) is 11.8 Å². The third kappa shape index (κ3) is 5.52. The van der Waals surface area contributed by atoms with Crippen LogP contribution in [0.5, 0.6) is 11.6 Å². The monoisotopic (exact) mass is 493 g/mol. The summed E-state index contributed by atoms with van der Waals surface area (Å²) in [6, 6.07) is 13.1. The standard InChI is InChI=1S/C24H27N7O3S/c1-15-13-25-22(26-14-15)21(34-5)16(2)35-30-24-29-28-23(19-7-6-8-20(27-19)33-4)31(24)17-9-11-18(32-3)12-10-17/h6-14,16,21H,1-5H3,(H,29,30). The Balaban J connectivity index is 1.64. The summed E-state index contributed by atoms with van der Waals surface area (Å²) in [7, 11) is 4.86. The van der Waals surface area contributed by atoms with Gasteiger partial charge in [0.15, 0.2) is 11.6 Å². The zero-order chi connectivity index (χ0) is 24.8. The molecule has 11 heteroatoms. The van der Waals surface area contributed by atoms with E-state index in [0.29, 0.717) is 29.2 Å². The highest BCUT2D eigenvalue weighted by Crippen LogP contribution is 2.31. The van der Waals surface area contributed by atoms with E-state index in [0.717, 1.165) is 17.0 Å². The summed E-state index contributed by atoms with van der Waals surface area (Å²) in [6.07, 6.45) is 3.25. The second-order valence-electron chi connectivity index (χ2n) is 7.65. The van der Waals surface area contributed by atoms with E-state index < -0.39 is 0 Å². The number of aryl methyl sites for hydroxylation is 1. The molecule has 0 bridgehead atoms. The summed E-state index contributed by atoms with van der Waals surface area (Å²) < 4.78 is 21.5. The Morgan fingerprint density at radius 3 is 2.34 bits per heavy atom. The molecule has 2 unspecified atom stereocenters. The largest absolute Gasteiger partial charge is 0.497 e. The molecule has 0 radical (unpaired) electrons. The molecule has 0 saturated carbocycles. The number of methoxy groups -OCH3 is 3. The number of rotatable bonds is 10. The van der Waals surface area contributed by atoms with E-state index in [9.17, 15) is 0 Å². The third-order valence-corrected chi connectivity index (χ3v) is 6.15. The molecule has 35 heavy (non-hydrogen) atoms. The quantitative estimate of drug-likeness (QED) is 0.321. The second-order valence-corrected chi connectivity index (χ2v) is 8.83. The van der Waals surface area contributed by atoms with Gasteiger partial charge >= 0.3 is 0 Å². The fraction of sp³-hybridized carbons (Fsp3) is 0.292. The maximum atomic E-state index is 5.70. The molecular formula is C24H27N7O3S. The van der Waals surface area contributed by atoms with Gasteiger partial charge in [-0.1, -0.05) is 6.07 Å². The van der Waals surface area contributed by atoms with E-state index in [2.05, 4.69) is 29.9 Å². The highest BCUT2D eigenvalue weighted by Gasteiger charge is 2.24. The van der Waals surface area contributed by atoms with Crippen molar-refractivity contribution in [3.63, 3.8) is 0 Å². The van der Waals surface area contributed by atoms with Crippen molar-refractivity contribution in [2.75, 3.05) is 26.1 Å². The fourth-order valence-corrected chi connectivity index (χ4v) is 4.19. The van der Waals surface area contributed by atoms with Gasteiger partial charge in [0.25, 0.3) is 0 Å². The van der Waals surface area contributed by atoms with Gasteiger partial charge in [0.1, 0.15) is 17.5 Å². The van der Waals surface area contributed by atoms with Crippen LogP contribution in [-0.4, -0.2) is 56.3 Å². The Kier molecular flexibility index (Phi) is 7.78. The Labute approximate surface area is 208 Å². The first kappa shape index (κ1) is 24.4. The highest BCUT2D eigenvalue weighted by atomic mass is 32.2. The van der Waals surface area contributed by atoms with Crippen LogP contribution < -0.4 is 14.2 Å². The van der Waals surface area contributed by atoms with E-state index >= 15 is 0 Å². The normalized spacial score (nSPS) is 12.7. The number of nitrogens with zero attached hydrogens (tertiary/aromatic N) is 6. The van der Waals surface area contributed by atoms with Gasteiger partial charge in [-0.2, -0.15) is 0 Å². The minimum atomic E-state index is -0.315. The first-order chi connectivity index (χ1) is 17.0. The number of anilines is 1. The van der Waals surface area contributed by atoms with Crippen LogP contribution in [0.15, 0.2) is 54.9 Å². The maximum absolute atomic E-state index is 5.70. The van der Waals surface area contributed by atoms with Crippen LogP contribution in [0.3, 0.4) is 0 Å². The molecule has 1 N–H and O–H groups in total. The molecule has 4 aromatic rings. The topological polar surface area (TPSA) is 109 Å². The molecule has 0 saturated heterocycles. The van der Waals surface area contributed by atoms with Gasteiger partial charge < -0.3 is 14.2 Å². The van der Waals surface area contributed by atoms with E-state index in [1.807, 2.05) is 54.8 Å². The van der Waals surface area contributed by atoms with Crippen molar-refractivity contribution >= 4 is 17.9 Å². The average molecular weight is 494 g/mol. The van der Waals surface area contributed by atoms with Gasteiger partial charge in [0.05, 0.1) is 25.2 Å². The van der Waals surface area contributed by atoms with Gasteiger partial charge in [-0.05, 0) is 61.7 Å². The molecule has 3 aromatic heterocycles. The lowest BCUT2D eigenvalue weighted by Crippen LogP contribution is -2.19. The van der Waals surface area contributed by atoms with Crippen LogP contribution in [0.4, 0.5) is 5.95 Å². The highest BCUT2D eigenvalue weighted by molar-refractivity contribution is 8.01. The third-order valence-electron chi connectivity index (χ3n) is 5.23. The smallest absolute Gasteiger partial charge is 0.239 e. The number of pyridine rings is 1. The number of hydrogen-bond acceptors (Lipinski definition) is 10. The second kappa shape index (κ2) is 11.2. The van der Waals surface area contributed by atoms with Crippen molar-refractivity contribution in [1.82, 2.24) is 29.7 Å². The van der Waals surface area contributed by atoms with Crippen molar-refractivity contribution < 1.29 is 14.2 Å². The zero-order valence-corrected chi connectivity index (χ0v) is 21.0. The summed E-state index contributed by atoms with van der Waals surface area (Å²) in [5.41, 5.74) is 2.46. The van der Waals surface area contributed by atoms with Gasteiger partial charge in [-0.3, -0.25) is 9.29 Å². The van der Waals surface area contributed by atoms with Gasteiger partial charge in [-0.25, -0.2) is 15.0 Å². The van der Waals surface area contributed by atoms with Crippen LogP contribution in [0.25, 0.3) is 17.2 Å². The predicted molar refractivity (Wildman–Crippen MR) is 135 cm³/mol. The van der Waals surface area contributed by atoms with Crippen LogP contribution in [0.2, 0.25) is 0 Å². The van der Waals surface area contributed by atoms with Crippen molar-refractivity contribution in [3.05, 3.63) is 66.2 Å². The summed E-state index contributed by atoms with van der Waals surface area (Å²) in [5, 5.41) is 8.79. The molecule has 2 atom stereocenters. The van der Waals surface area contributed by atoms with Crippen LogP contribution >= 0.6 is 11.9 Å². The minimum absolute atomic E-state index is 0.0397. The summed E-state index contributed by atoms with van der Waals surface area (Å²) in [5.74, 6) is 2.96. The van der Waals surface area contributed by atoms with Crippen LogP contribution in [-0.2, 0) is 4.74 Å². The molecule has 182 valence electrons. The number of nitrogens with one attached hydrogen (secondary N) is 1. The summed E-state index contributed by atoms with van der Waals surface area (Å²) in [6.45, 7) is 3.99. The van der Waals surface area contributed by atoms with E-state index in [-0.39, 0.29) is 11.4 Å². The molecule has 4 rings (SSSR count). The number of ether oxygens (including phenoxy) is 3. The van der Waals surface area contributed by atoms with Crippen molar-refractivity contribution in [2.24, 2.45) is 0 Å². The summed E-state index contributed by atoms with van der Waals surface area (Å²) >= 11 is 1.45. The molecule has 0 aliphatic heterocycles. The number of hydrogen-bond donors (Lipinski definition) is 1. The van der Waals surface area contributed by atoms with Gasteiger partial charge in [0, 0.05) is 25.6 Å². The van der Waals surface area contributed by atoms with Crippen molar-refractivity contribution in [1.29, 1.82) is 0 Å². The maximum Gasteiger partial charge on any atom is 0.239 e. The first-order valence-corrected chi connectivity index (χ1v) is 11.8. The first-order valence-electron chi connectivity index (χ1n) is 10.9. The lowest BCUT2D eigenvalue weighted by molar-refractivity contribution is 0.0972. The molecule has 1 aromatic carbocycles. The van der Waals surface area contributed by atoms with Crippen LogP contribution in [0, 0.1) is 6.92 Å². The van der Waals surface area contributed by atoms with Gasteiger partial charge in [-0.15, -0.1) is 10.2 Å². The minimum Gasteiger partial charge on any atom is -0.497 e. The van der Waals surface area contributed by atoms with E-state index in [1.165, 1.54) is 11.9 Å². The van der Waals surface area contributed by atoms with E-state index in [1.54, 1.807) is 39.8 Å². The summed E-state index contributed by atoms with van der Waals surface area (Å²) in [4.78, 5) is 13.4. The molecule has 0 fully saturated rings. The zero-order valence-electron chi connectivity index (χ0n) is 20.2. The Morgan fingerprint density at radius 1 is 0.943 bits per heavy atom. The Hall–Kier alpha value is -3.70. The van der Waals surface area contributed by atoms with E-state index in [4.69, 9.17) is 14.2 Å². The Morgan fingerprint density at radius 2 is 1.69 bits per heavy atom. The number of aromatic nitrogens is 6. The SMILES string of the molecule is COc1ccc(-n2c(NSC(C)C(OC)c3ncc(C)cn3)nnc2-c2cccc(OC)n2)cc1. The van der Waals surface area contributed by atoms with Crippen LogP contribution in [0.1, 0.15) is 24.4 Å².